The Morgan fingerprint density at radius 2 is 2.12 bits per heavy atom. The molecule has 1 unspecified atom stereocenters. The van der Waals surface area contributed by atoms with Gasteiger partial charge >= 0.3 is 0 Å². The molecule has 0 radical (unpaired) electrons. The molecule has 0 bridgehead atoms. The molecule has 0 aliphatic carbocycles. The van der Waals surface area contributed by atoms with Crippen molar-refractivity contribution in [1.29, 1.82) is 0 Å². The third-order valence-electron chi connectivity index (χ3n) is 2.31. The molecule has 0 saturated carbocycles. The van der Waals surface area contributed by atoms with Crippen LogP contribution in [0.3, 0.4) is 0 Å². The van der Waals surface area contributed by atoms with Crippen LogP contribution in [0.1, 0.15) is 38.4 Å². The molecule has 4 heteroatoms. The highest BCUT2D eigenvalue weighted by Crippen LogP contribution is 2.09. The molecule has 0 aliphatic rings. The SMILES string of the molecule is COC(C)c1nccc(CNCC(C)C)n1. The van der Waals surface area contributed by atoms with E-state index in [1.165, 1.54) is 0 Å². The van der Waals surface area contributed by atoms with E-state index in [2.05, 4.69) is 29.1 Å². The second-order valence-electron chi connectivity index (χ2n) is 4.31. The van der Waals surface area contributed by atoms with E-state index in [9.17, 15) is 0 Å². The summed E-state index contributed by atoms with van der Waals surface area (Å²) in [6.07, 6.45) is 1.73. The monoisotopic (exact) mass is 223 g/mol. The van der Waals surface area contributed by atoms with Crippen LogP contribution in [0.5, 0.6) is 0 Å². The molecule has 1 aromatic heterocycles. The van der Waals surface area contributed by atoms with Gasteiger partial charge in [0.05, 0.1) is 5.69 Å². The van der Waals surface area contributed by atoms with Crippen LogP contribution in [-0.2, 0) is 11.3 Å². The first kappa shape index (κ1) is 13.1. The Labute approximate surface area is 97.5 Å². The van der Waals surface area contributed by atoms with E-state index < -0.39 is 0 Å². The van der Waals surface area contributed by atoms with E-state index in [0.717, 1.165) is 24.6 Å². The Morgan fingerprint density at radius 1 is 1.38 bits per heavy atom. The van der Waals surface area contributed by atoms with Crippen LogP contribution in [-0.4, -0.2) is 23.6 Å². The standard InChI is InChI=1S/C12H21N3O/c1-9(2)7-13-8-11-5-6-14-12(15-11)10(3)16-4/h5-6,9-10,13H,7-8H2,1-4H3. The van der Waals surface area contributed by atoms with E-state index >= 15 is 0 Å². The molecule has 1 heterocycles. The van der Waals surface area contributed by atoms with Crippen LogP contribution < -0.4 is 5.32 Å². The highest BCUT2D eigenvalue weighted by Gasteiger charge is 2.07. The number of hydrogen-bond acceptors (Lipinski definition) is 4. The number of hydrogen-bond donors (Lipinski definition) is 1. The second-order valence-corrected chi connectivity index (χ2v) is 4.31. The lowest BCUT2D eigenvalue weighted by atomic mass is 10.2. The van der Waals surface area contributed by atoms with Crippen LogP contribution in [0.4, 0.5) is 0 Å². The van der Waals surface area contributed by atoms with Gasteiger partial charge in [0.25, 0.3) is 0 Å². The summed E-state index contributed by atoms with van der Waals surface area (Å²) < 4.78 is 5.19. The van der Waals surface area contributed by atoms with E-state index in [-0.39, 0.29) is 6.10 Å². The largest absolute Gasteiger partial charge is 0.374 e. The van der Waals surface area contributed by atoms with E-state index in [1.54, 1.807) is 13.3 Å². The fraction of sp³-hybridized carbons (Fsp3) is 0.667. The molecule has 4 nitrogen and oxygen atoms in total. The van der Waals surface area contributed by atoms with Gasteiger partial charge in [-0.15, -0.1) is 0 Å². The van der Waals surface area contributed by atoms with Gasteiger partial charge in [-0.1, -0.05) is 13.8 Å². The fourth-order valence-electron chi connectivity index (χ4n) is 1.30. The zero-order valence-corrected chi connectivity index (χ0v) is 10.5. The molecule has 0 fully saturated rings. The summed E-state index contributed by atoms with van der Waals surface area (Å²) in [5.41, 5.74) is 1.01. The summed E-state index contributed by atoms with van der Waals surface area (Å²) in [6.45, 7) is 8.10. The third-order valence-corrected chi connectivity index (χ3v) is 2.31. The van der Waals surface area contributed by atoms with Gasteiger partial charge in [0, 0.05) is 19.9 Å². The van der Waals surface area contributed by atoms with E-state index in [0.29, 0.717) is 5.92 Å². The van der Waals surface area contributed by atoms with Crippen molar-refractivity contribution in [3.8, 4) is 0 Å². The minimum atomic E-state index is -0.0509. The molecule has 90 valence electrons. The van der Waals surface area contributed by atoms with Crippen molar-refractivity contribution in [2.75, 3.05) is 13.7 Å². The van der Waals surface area contributed by atoms with Crippen molar-refractivity contribution < 1.29 is 4.74 Å². The first-order valence-electron chi connectivity index (χ1n) is 5.68. The molecule has 0 amide bonds. The van der Waals surface area contributed by atoms with Gasteiger partial charge in [-0.05, 0) is 25.5 Å². The lowest BCUT2D eigenvalue weighted by Gasteiger charge is -2.10. The number of nitrogens with one attached hydrogen (secondary N) is 1. The average Bonchev–Trinajstić information content (AvgIpc) is 2.28. The van der Waals surface area contributed by atoms with E-state index in [4.69, 9.17) is 4.74 Å². The molecule has 16 heavy (non-hydrogen) atoms. The zero-order chi connectivity index (χ0) is 12.0. The molecular formula is C12H21N3O. The number of ether oxygens (including phenoxy) is 1. The number of methoxy groups -OCH3 is 1. The predicted molar refractivity (Wildman–Crippen MR) is 64.0 cm³/mol. The van der Waals surface area contributed by atoms with Crippen molar-refractivity contribution in [2.24, 2.45) is 5.92 Å². The maximum Gasteiger partial charge on any atom is 0.157 e. The Bertz CT molecular complexity index is 315. The summed E-state index contributed by atoms with van der Waals surface area (Å²) in [5.74, 6) is 1.39. The molecule has 0 spiro atoms. The normalized spacial score (nSPS) is 13.1. The Balaban J connectivity index is 2.54. The van der Waals surface area contributed by atoms with Crippen molar-refractivity contribution in [3.05, 3.63) is 23.8 Å². The smallest absolute Gasteiger partial charge is 0.157 e. The lowest BCUT2D eigenvalue weighted by Crippen LogP contribution is -2.20. The average molecular weight is 223 g/mol. The molecule has 1 rings (SSSR count). The van der Waals surface area contributed by atoms with Gasteiger partial charge in [-0.2, -0.15) is 0 Å². The van der Waals surface area contributed by atoms with Crippen LogP contribution >= 0.6 is 0 Å². The van der Waals surface area contributed by atoms with Gasteiger partial charge in [0.2, 0.25) is 0 Å². The van der Waals surface area contributed by atoms with Crippen molar-refractivity contribution in [2.45, 2.75) is 33.4 Å². The third kappa shape index (κ3) is 4.24. The molecular weight excluding hydrogens is 202 g/mol. The van der Waals surface area contributed by atoms with Gasteiger partial charge in [0.1, 0.15) is 6.10 Å². The quantitative estimate of drug-likeness (QED) is 0.800. The van der Waals surface area contributed by atoms with Crippen LogP contribution in [0.25, 0.3) is 0 Å². The van der Waals surface area contributed by atoms with Crippen molar-refractivity contribution in [3.63, 3.8) is 0 Å². The molecule has 1 atom stereocenters. The number of nitrogens with zero attached hydrogens (tertiary/aromatic N) is 2. The number of rotatable bonds is 6. The van der Waals surface area contributed by atoms with Crippen LogP contribution in [0, 0.1) is 5.92 Å². The van der Waals surface area contributed by atoms with Gasteiger partial charge in [-0.25, -0.2) is 9.97 Å². The maximum atomic E-state index is 5.19. The molecule has 1 aromatic rings. The minimum Gasteiger partial charge on any atom is -0.374 e. The van der Waals surface area contributed by atoms with Gasteiger partial charge in [0.15, 0.2) is 5.82 Å². The zero-order valence-electron chi connectivity index (χ0n) is 10.5. The van der Waals surface area contributed by atoms with Crippen LogP contribution in [0.2, 0.25) is 0 Å². The van der Waals surface area contributed by atoms with Crippen molar-refractivity contribution >= 4 is 0 Å². The molecule has 0 aliphatic heterocycles. The Hall–Kier alpha value is -1.00. The summed E-state index contributed by atoms with van der Waals surface area (Å²) in [7, 11) is 1.66. The van der Waals surface area contributed by atoms with Crippen LogP contribution in [0.15, 0.2) is 12.3 Å². The Morgan fingerprint density at radius 3 is 2.75 bits per heavy atom. The summed E-state index contributed by atoms with van der Waals surface area (Å²) in [4.78, 5) is 8.63. The molecule has 0 aromatic carbocycles. The topological polar surface area (TPSA) is 47.0 Å². The highest BCUT2D eigenvalue weighted by atomic mass is 16.5. The van der Waals surface area contributed by atoms with Crippen molar-refractivity contribution in [1.82, 2.24) is 15.3 Å². The van der Waals surface area contributed by atoms with Gasteiger partial charge in [-0.3, -0.25) is 0 Å². The van der Waals surface area contributed by atoms with E-state index in [1.807, 2.05) is 13.0 Å². The minimum absolute atomic E-state index is 0.0509. The van der Waals surface area contributed by atoms with Gasteiger partial charge < -0.3 is 10.1 Å². The maximum absolute atomic E-state index is 5.19. The summed E-state index contributed by atoms with van der Waals surface area (Å²) in [6, 6.07) is 1.93. The highest BCUT2D eigenvalue weighted by molar-refractivity contribution is 5.03. The Kier molecular flexibility index (Phi) is 5.35. The lowest BCUT2D eigenvalue weighted by molar-refractivity contribution is 0.112. The summed E-state index contributed by atoms with van der Waals surface area (Å²) in [5, 5.41) is 3.35. The molecule has 1 N–H and O–H groups in total. The summed E-state index contributed by atoms with van der Waals surface area (Å²) >= 11 is 0. The predicted octanol–water partition coefficient (Wildman–Crippen LogP) is 1.93. The second kappa shape index (κ2) is 6.55. The first-order chi connectivity index (χ1) is 7.63. The number of aromatic nitrogens is 2. The fourth-order valence-corrected chi connectivity index (χ4v) is 1.30. The first-order valence-corrected chi connectivity index (χ1v) is 5.68. The molecule has 0 saturated heterocycles.